The molecular weight excluding hydrogens is 220 g/mol. The Morgan fingerprint density at radius 1 is 1.31 bits per heavy atom. The van der Waals surface area contributed by atoms with Crippen LogP contribution in [-0.4, -0.2) is 9.97 Å². The summed E-state index contributed by atoms with van der Waals surface area (Å²) in [6, 6.07) is 3.69. The highest BCUT2D eigenvalue weighted by Crippen LogP contribution is 2.26. The molecule has 0 bridgehead atoms. The summed E-state index contributed by atoms with van der Waals surface area (Å²) in [5, 5.41) is 6.40. The molecule has 0 amide bonds. The zero-order chi connectivity index (χ0) is 11.6. The van der Waals surface area contributed by atoms with Crippen molar-refractivity contribution in [3.8, 4) is 0 Å². The summed E-state index contributed by atoms with van der Waals surface area (Å²) in [5.74, 6) is 0.526. The summed E-state index contributed by atoms with van der Waals surface area (Å²) in [6.07, 6.45) is 3.54. The molecule has 0 unspecified atom stereocenters. The van der Waals surface area contributed by atoms with Gasteiger partial charge >= 0.3 is 0 Å². The van der Waals surface area contributed by atoms with Crippen molar-refractivity contribution in [1.82, 2.24) is 9.97 Å². The smallest absolute Gasteiger partial charge is 0.123 e. The number of nitrogen functional groups attached to an aromatic ring is 1. The van der Waals surface area contributed by atoms with Crippen LogP contribution in [0.25, 0.3) is 0 Å². The monoisotopic (exact) mass is 234 g/mol. The molecule has 2 aromatic heterocycles. The lowest BCUT2D eigenvalue weighted by Crippen LogP contribution is -2.27. The van der Waals surface area contributed by atoms with Crippen molar-refractivity contribution in [2.75, 3.05) is 11.1 Å². The Labute approximate surface area is 98.6 Å². The van der Waals surface area contributed by atoms with Gasteiger partial charge < -0.3 is 11.1 Å². The third kappa shape index (κ3) is 2.30. The van der Waals surface area contributed by atoms with E-state index >= 15 is 0 Å². The van der Waals surface area contributed by atoms with Gasteiger partial charge in [0.15, 0.2) is 0 Å². The number of aromatic nitrogens is 2. The third-order valence-corrected chi connectivity index (χ3v) is 3.31. The number of hydrogen-bond acceptors (Lipinski definition) is 5. The highest BCUT2D eigenvalue weighted by molar-refractivity contribution is 7.09. The van der Waals surface area contributed by atoms with E-state index in [1.165, 1.54) is 0 Å². The molecule has 0 aromatic carbocycles. The average Bonchev–Trinajstić information content (AvgIpc) is 2.75. The van der Waals surface area contributed by atoms with Crippen LogP contribution in [0.3, 0.4) is 0 Å². The van der Waals surface area contributed by atoms with E-state index in [0.717, 1.165) is 10.7 Å². The van der Waals surface area contributed by atoms with Gasteiger partial charge in [-0.3, -0.25) is 0 Å². The standard InChI is InChI=1S/C11H14N4S/c1-11(2,10-13-5-6-16-10)15-8-3-4-9(12)14-7-8/h3-7,15H,1-2H3,(H2,12,14). The van der Waals surface area contributed by atoms with Crippen LogP contribution in [-0.2, 0) is 5.54 Å². The number of nitrogens with one attached hydrogen (secondary N) is 1. The van der Waals surface area contributed by atoms with E-state index in [9.17, 15) is 0 Å². The molecule has 84 valence electrons. The molecule has 0 aliphatic heterocycles. The molecule has 3 N–H and O–H groups in total. The number of rotatable bonds is 3. The molecule has 0 aliphatic rings. The van der Waals surface area contributed by atoms with Crippen molar-refractivity contribution < 1.29 is 0 Å². The number of anilines is 2. The van der Waals surface area contributed by atoms with Gasteiger partial charge in [0.05, 0.1) is 17.4 Å². The zero-order valence-corrected chi connectivity index (χ0v) is 10.1. The summed E-state index contributed by atoms with van der Waals surface area (Å²) >= 11 is 1.63. The first-order chi connectivity index (χ1) is 7.58. The molecule has 0 saturated carbocycles. The molecule has 4 nitrogen and oxygen atoms in total. The first kappa shape index (κ1) is 10.9. The third-order valence-electron chi connectivity index (χ3n) is 2.21. The summed E-state index contributed by atoms with van der Waals surface area (Å²) in [5.41, 5.74) is 6.27. The minimum Gasteiger partial charge on any atom is -0.384 e. The van der Waals surface area contributed by atoms with E-state index in [0.29, 0.717) is 5.82 Å². The highest BCUT2D eigenvalue weighted by Gasteiger charge is 2.22. The topological polar surface area (TPSA) is 63.8 Å². The Hall–Kier alpha value is -1.62. The quantitative estimate of drug-likeness (QED) is 0.856. The molecule has 0 fully saturated rings. The van der Waals surface area contributed by atoms with Crippen molar-refractivity contribution in [2.45, 2.75) is 19.4 Å². The normalized spacial score (nSPS) is 11.4. The molecule has 0 atom stereocenters. The van der Waals surface area contributed by atoms with Crippen molar-refractivity contribution in [3.63, 3.8) is 0 Å². The second-order valence-electron chi connectivity index (χ2n) is 4.06. The largest absolute Gasteiger partial charge is 0.384 e. The first-order valence-electron chi connectivity index (χ1n) is 4.97. The molecule has 0 saturated heterocycles. The number of thiazole rings is 1. The van der Waals surface area contributed by atoms with Crippen LogP contribution in [0.2, 0.25) is 0 Å². The predicted molar refractivity (Wildman–Crippen MR) is 67.4 cm³/mol. The fraction of sp³-hybridized carbons (Fsp3) is 0.273. The van der Waals surface area contributed by atoms with Crippen LogP contribution >= 0.6 is 11.3 Å². The van der Waals surface area contributed by atoms with E-state index in [1.807, 2.05) is 17.6 Å². The highest BCUT2D eigenvalue weighted by atomic mass is 32.1. The summed E-state index contributed by atoms with van der Waals surface area (Å²) in [6.45, 7) is 4.17. The number of nitrogens with zero attached hydrogens (tertiary/aromatic N) is 2. The van der Waals surface area contributed by atoms with Gasteiger partial charge in [-0.1, -0.05) is 0 Å². The minimum atomic E-state index is -0.202. The maximum Gasteiger partial charge on any atom is 0.123 e. The molecule has 0 radical (unpaired) electrons. The van der Waals surface area contributed by atoms with Crippen LogP contribution in [0.15, 0.2) is 29.9 Å². The van der Waals surface area contributed by atoms with Crippen LogP contribution in [0.5, 0.6) is 0 Å². The van der Waals surface area contributed by atoms with Gasteiger partial charge in [-0.2, -0.15) is 0 Å². The van der Waals surface area contributed by atoms with E-state index in [-0.39, 0.29) is 5.54 Å². The summed E-state index contributed by atoms with van der Waals surface area (Å²) < 4.78 is 0. The molecular formula is C11H14N4S. The van der Waals surface area contributed by atoms with Crippen molar-refractivity contribution in [1.29, 1.82) is 0 Å². The fourth-order valence-electron chi connectivity index (χ4n) is 1.43. The number of hydrogen-bond donors (Lipinski definition) is 2. The van der Waals surface area contributed by atoms with E-state index in [2.05, 4.69) is 29.1 Å². The number of nitrogens with two attached hydrogens (primary N) is 1. The molecule has 2 rings (SSSR count). The average molecular weight is 234 g/mol. The molecule has 16 heavy (non-hydrogen) atoms. The summed E-state index contributed by atoms with van der Waals surface area (Å²) in [4.78, 5) is 8.36. The SMILES string of the molecule is CC(C)(Nc1ccc(N)nc1)c1nccs1. The van der Waals surface area contributed by atoms with Crippen LogP contribution < -0.4 is 11.1 Å². The Morgan fingerprint density at radius 2 is 2.12 bits per heavy atom. The van der Waals surface area contributed by atoms with Gasteiger partial charge in [0.1, 0.15) is 10.8 Å². The summed E-state index contributed by atoms with van der Waals surface area (Å²) in [7, 11) is 0. The van der Waals surface area contributed by atoms with Crippen LogP contribution in [0.4, 0.5) is 11.5 Å². The molecule has 0 spiro atoms. The Bertz CT molecular complexity index is 447. The maximum atomic E-state index is 5.54. The van der Waals surface area contributed by atoms with Crippen molar-refractivity contribution >= 4 is 22.8 Å². The maximum absolute atomic E-state index is 5.54. The van der Waals surface area contributed by atoms with Gasteiger partial charge in [0.25, 0.3) is 0 Å². The van der Waals surface area contributed by atoms with Gasteiger partial charge in [-0.15, -0.1) is 11.3 Å². The lowest BCUT2D eigenvalue weighted by atomic mass is 10.1. The van der Waals surface area contributed by atoms with Crippen molar-refractivity contribution in [3.05, 3.63) is 34.9 Å². The Morgan fingerprint density at radius 3 is 2.69 bits per heavy atom. The van der Waals surface area contributed by atoms with Crippen LogP contribution in [0, 0.1) is 0 Å². The van der Waals surface area contributed by atoms with Gasteiger partial charge in [0, 0.05) is 11.6 Å². The predicted octanol–water partition coefficient (Wildman–Crippen LogP) is 2.47. The second-order valence-corrected chi connectivity index (χ2v) is 4.95. The van der Waals surface area contributed by atoms with Gasteiger partial charge in [-0.25, -0.2) is 9.97 Å². The lowest BCUT2D eigenvalue weighted by molar-refractivity contribution is 0.604. The minimum absolute atomic E-state index is 0.202. The van der Waals surface area contributed by atoms with Crippen molar-refractivity contribution in [2.24, 2.45) is 0 Å². The fourth-order valence-corrected chi connectivity index (χ4v) is 2.14. The second kappa shape index (κ2) is 4.09. The molecule has 0 aliphatic carbocycles. The van der Waals surface area contributed by atoms with E-state index < -0.39 is 0 Å². The van der Waals surface area contributed by atoms with Gasteiger partial charge in [0.2, 0.25) is 0 Å². The lowest BCUT2D eigenvalue weighted by Gasteiger charge is -2.24. The number of pyridine rings is 1. The molecule has 2 heterocycles. The van der Waals surface area contributed by atoms with Crippen LogP contribution in [0.1, 0.15) is 18.9 Å². The zero-order valence-electron chi connectivity index (χ0n) is 9.27. The Balaban J connectivity index is 2.18. The molecule has 2 aromatic rings. The van der Waals surface area contributed by atoms with Gasteiger partial charge in [-0.05, 0) is 26.0 Å². The van der Waals surface area contributed by atoms with E-state index in [4.69, 9.17) is 5.73 Å². The first-order valence-corrected chi connectivity index (χ1v) is 5.85. The van der Waals surface area contributed by atoms with E-state index in [1.54, 1.807) is 23.6 Å². The Kier molecular flexibility index (Phi) is 2.78. The molecule has 5 heteroatoms.